The van der Waals surface area contributed by atoms with E-state index in [-0.39, 0.29) is 0 Å². The van der Waals surface area contributed by atoms with Crippen LogP contribution in [0.4, 0.5) is 0 Å². The average molecular weight is 310 g/mol. The van der Waals surface area contributed by atoms with Crippen molar-refractivity contribution in [3.8, 4) is 0 Å². The first-order valence-corrected chi connectivity index (χ1v) is 5.79. The van der Waals surface area contributed by atoms with E-state index in [1.807, 2.05) is 35.1 Å². The Labute approximate surface area is 103 Å². The molecule has 76 valence electrons. The maximum Gasteiger partial charge on any atom is 0.0807 e. The van der Waals surface area contributed by atoms with E-state index in [0.29, 0.717) is 0 Å². The van der Waals surface area contributed by atoms with Crippen molar-refractivity contribution in [2.75, 3.05) is 0 Å². The highest BCUT2D eigenvalue weighted by Crippen LogP contribution is 2.23. The Morgan fingerprint density at radius 3 is 2.47 bits per heavy atom. The number of aromatic nitrogens is 2. The number of halogens is 1. The molecule has 0 atom stereocenters. The van der Waals surface area contributed by atoms with E-state index in [4.69, 9.17) is 0 Å². The molecular formula is C12H11IN2. The number of allylic oxidation sites excluding steroid dienone is 1. The fraction of sp³-hybridized carbons (Fsp3) is 0.0833. The number of rotatable bonds is 2. The van der Waals surface area contributed by atoms with Crippen LogP contribution < -0.4 is 0 Å². The normalized spacial score (nSPS) is 12.4. The fourth-order valence-corrected chi connectivity index (χ4v) is 2.04. The van der Waals surface area contributed by atoms with Crippen LogP contribution in [0.3, 0.4) is 0 Å². The Kier molecular flexibility index (Phi) is 3.20. The van der Waals surface area contributed by atoms with E-state index in [2.05, 4.69) is 46.7 Å². The summed E-state index contributed by atoms with van der Waals surface area (Å²) in [6, 6.07) is 12.2. The molecule has 0 fully saturated rings. The molecule has 0 amide bonds. The van der Waals surface area contributed by atoms with Crippen LogP contribution in [-0.2, 0) is 0 Å². The Hall–Kier alpha value is -1.10. The summed E-state index contributed by atoms with van der Waals surface area (Å²) in [6.45, 7) is 2.09. The zero-order chi connectivity index (χ0) is 10.7. The van der Waals surface area contributed by atoms with Crippen molar-refractivity contribution in [3.63, 3.8) is 0 Å². The van der Waals surface area contributed by atoms with Gasteiger partial charge < -0.3 is 0 Å². The molecule has 0 bridgehead atoms. The standard InChI is InChI=1S/C12H11IN2/c1-10(13)12(15-9-5-8-14-15)11-6-3-2-4-7-11/h2-9H,1H3/b12-10+. The minimum absolute atomic E-state index is 1.14. The SMILES string of the molecule is C/C(I)=C(/c1ccccc1)n1cccn1. The fourth-order valence-electron chi connectivity index (χ4n) is 1.49. The third-order valence-corrected chi connectivity index (χ3v) is 2.62. The van der Waals surface area contributed by atoms with Gasteiger partial charge in [0, 0.05) is 21.5 Å². The molecule has 3 heteroatoms. The largest absolute Gasteiger partial charge is 0.240 e. The number of nitrogens with zero attached hydrogens (tertiary/aromatic N) is 2. The molecule has 0 unspecified atom stereocenters. The molecule has 1 aromatic carbocycles. The van der Waals surface area contributed by atoms with Crippen LogP contribution in [0.2, 0.25) is 0 Å². The van der Waals surface area contributed by atoms with Gasteiger partial charge in [0.2, 0.25) is 0 Å². The smallest absolute Gasteiger partial charge is 0.0807 e. The maximum absolute atomic E-state index is 4.27. The molecule has 0 aliphatic carbocycles. The van der Waals surface area contributed by atoms with Crippen LogP contribution in [0.15, 0.2) is 52.4 Å². The zero-order valence-electron chi connectivity index (χ0n) is 8.39. The van der Waals surface area contributed by atoms with Gasteiger partial charge >= 0.3 is 0 Å². The molecule has 0 radical (unpaired) electrons. The van der Waals surface area contributed by atoms with Crippen LogP contribution in [0.25, 0.3) is 5.70 Å². The van der Waals surface area contributed by atoms with Crippen molar-refractivity contribution in [1.82, 2.24) is 9.78 Å². The van der Waals surface area contributed by atoms with Gasteiger partial charge in [-0.15, -0.1) is 0 Å². The van der Waals surface area contributed by atoms with Crippen molar-refractivity contribution in [2.24, 2.45) is 0 Å². The average Bonchev–Trinajstić information content (AvgIpc) is 2.72. The Balaban J connectivity index is 2.53. The molecular weight excluding hydrogens is 299 g/mol. The minimum Gasteiger partial charge on any atom is -0.240 e. The van der Waals surface area contributed by atoms with Gasteiger partial charge in [-0.3, -0.25) is 0 Å². The topological polar surface area (TPSA) is 17.8 Å². The summed E-state index contributed by atoms with van der Waals surface area (Å²) < 4.78 is 3.12. The monoisotopic (exact) mass is 310 g/mol. The summed E-state index contributed by atoms with van der Waals surface area (Å²) in [4.78, 5) is 0. The first-order valence-electron chi connectivity index (χ1n) is 4.71. The summed E-state index contributed by atoms with van der Waals surface area (Å²) in [5, 5.41) is 4.27. The molecule has 15 heavy (non-hydrogen) atoms. The molecule has 0 spiro atoms. The molecule has 0 saturated carbocycles. The second-order valence-electron chi connectivity index (χ2n) is 3.20. The molecule has 0 N–H and O–H groups in total. The number of hydrogen-bond donors (Lipinski definition) is 0. The van der Waals surface area contributed by atoms with Gasteiger partial charge in [0.25, 0.3) is 0 Å². The summed E-state index contributed by atoms with van der Waals surface area (Å²) >= 11 is 2.33. The summed E-state index contributed by atoms with van der Waals surface area (Å²) in [5.74, 6) is 0. The predicted octanol–water partition coefficient (Wildman–Crippen LogP) is 3.55. The lowest BCUT2D eigenvalue weighted by atomic mass is 10.1. The lowest BCUT2D eigenvalue weighted by Crippen LogP contribution is -2.00. The molecule has 0 aliphatic heterocycles. The summed E-state index contributed by atoms with van der Waals surface area (Å²) in [5.41, 5.74) is 2.33. The van der Waals surface area contributed by atoms with Crippen molar-refractivity contribution in [1.29, 1.82) is 0 Å². The third kappa shape index (κ3) is 2.28. The van der Waals surface area contributed by atoms with Gasteiger partial charge in [-0.2, -0.15) is 5.10 Å². The van der Waals surface area contributed by atoms with Gasteiger partial charge in [-0.05, 0) is 35.6 Å². The second kappa shape index (κ2) is 4.61. The highest BCUT2D eigenvalue weighted by atomic mass is 127. The summed E-state index contributed by atoms with van der Waals surface area (Å²) in [6.07, 6.45) is 3.76. The highest BCUT2D eigenvalue weighted by molar-refractivity contribution is 14.1. The van der Waals surface area contributed by atoms with Crippen LogP contribution >= 0.6 is 22.6 Å². The Morgan fingerprint density at radius 1 is 1.20 bits per heavy atom. The number of hydrogen-bond acceptors (Lipinski definition) is 1. The molecule has 0 saturated heterocycles. The third-order valence-electron chi connectivity index (χ3n) is 2.11. The van der Waals surface area contributed by atoms with Crippen molar-refractivity contribution >= 4 is 28.3 Å². The minimum atomic E-state index is 1.14. The van der Waals surface area contributed by atoms with Crippen molar-refractivity contribution < 1.29 is 0 Å². The van der Waals surface area contributed by atoms with E-state index < -0.39 is 0 Å². The van der Waals surface area contributed by atoms with Gasteiger partial charge in [0.15, 0.2) is 0 Å². The first kappa shape index (κ1) is 10.4. The molecule has 2 aromatic rings. The van der Waals surface area contributed by atoms with Gasteiger partial charge in [-0.1, -0.05) is 30.3 Å². The number of benzene rings is 1. The van der Waals surface area contributed by atoms with Crippen molar-refractivity contribution in [2.45, 2.75) is 6.92 Å². The van der Waals surface area contributed by atoms with E-state index in [9.17, 15) is 0 Å². The van der Waals surface area contributed by atoms with E-state index in [1.165, 1.54) is 9.14 Å². The molecule has 0 aliphatic rings. The Morgan fingerprint density at radius 2 is 1.93 bits per heavy atom. The molecule has 2 nitrogen and oxygen atoms in total. The molecule has 1 aromatic heterocycles. The van der Waals surface area contributed by atoms with Crippen LogP contribution in [0.5, 0.6) is 0 Å². The highest BCUT2D eigenvalue weighted by Gasteiger charge is 2.06. The molecule has 1 heterocycles. The first-order chi connectivity index (χ1) is 7.29. The van der Waals surface area contributed by atoms with E-state index >= 15 is 0 Å². The van der Waals surface area contributed by atoms with Gasteiger partial charge in [0.1, 0.15) is 0 Å². The van der Waals surface area contributed by atoms with Gasteiger partial charge in [-0.25, -0.2) is 4.68 Å². The molecule has 2 rings (SSSR count). The van der Waals surface area contributed by atoms with Gasteiger partial charge in [0.05, 0.1) is 5.70 Å². The van der Waals surface area contributed by atoms with E-state index in [0.717, 1.165) is 5.70 Å². The zero-order valence-corrected chi connectivity index (χ0v) is 10.5. The lowest BCUT2D eigenvalue weighted by Gasteiger charge is -2.09. The Bertz CT molecular complexity index is 454. The van der Waals surface area contributed by atoms with Crippen LogP contribution in [0.1, 0.15) is 12.5 Å². The quantitative estimate of drug-likeness (QED) is 0.776. The van der Waals surface area contributed by atoms with Crippen molar-refractivity contribution in [3.05, 3.63) is 57.9 Å². The summed E-state index contributed by atoms with van der Waals surface area (Å²) in [7, 11) is 0. The predicted molar refractivity (Wildman–Crippen MR) is 70.7 cm³/mol. The van der Waals surface area contributed by atoms with Crippen LogP contribution in [0, 0.1) is 0 Å². The van der Waals surface area contributed by atoms with E-state index in [1.54, 1.807) is 6.20 Å². The van der Waals surface area contributed by atoms with Crippen LogP contribution in [-0.4, -0.2) is 9.78 Å². The maximum atomic E-state index is 4.27. The lowest BCUT2D eigenvalue weighted by molar-refractivity contribution is 0.902. The second-order valence-corrected chi connectivity index (χ2v) is 4.82.